The van der Waals surface area contributed by atoms with Gasteiger partial charge in [-0.2, -0.15) is 0 Å². The van der Waals surface area contributed by atoms with Crippen molar-refractivity contribution in [1.29, 1.82) is 0 Å². The van der Waals surface area contributed by atoms with Gasteiger partial charge in [-0.15, -0.1) is 0 Å². The summed E-state index contributed by atoms with van der Waals surface area (Å²) in [5.74, 6) is -0.189. The van der Waals surface area contributed by atoms with Crippen molar-refractivity contribution in [2.75, 3.05) is 40.9 Å². The summed E-state index contributed by atoms with van der Waals surface area (Å²) < 4.78 is 23.5. The van der Waals surface area contributed by atoms with Gasteiger partial charge >= 0.3 is 0 Å². The van der Waals surface area contributed by atoms with Crippen molar-refractivity contribution >= 4 is 13.7 Å². The van der Waals surface area contributed by atoms with E-state index in [4.69, 9.17) is 9.05 Å². The number of carbonyl (C=O) groups excluding carboxylic acids is 1. The highest BCUT2D eigenvalue weighted by Crippen LogP contribution is 2.38. The Hall–Kier alpha value is -1.80. The zero-order chi connectivity index (χ0) is 63.4. The Labute approximate surface area is 542 Å². The molecule has 0 aliphatic heterocycles. The Morgan fingerprint density at radius 3 is 1.02 bits per heavy atom. The monoisotopic (exact) mass is 1240 g/mol. The average molecular weight is 1240 g/mol. The first-order valence-electron chi connectivity index (χ1n) is 38.2. The van der Waals surface area contributed by atoms with Crippen LogP contribution in [0.1, 0.15) is 380 Å². The number of likely N-dealkylation sites (N-methyl/N-ethyl adjacent to an activating group) is 1. The van der Waals surface area contributed by atoms with Crippen LogP contribution in [-0.4, -0.2) is 68.5 Å². The van der Waals surface area contributed by atoms with Crippen LogP contribution in [0.5, 0.6) is 0 Å². The fourth-order valence-corrected chi connectivity index (χ4v) is 12.3. The van der Waals surface area contributed by atoms with Gasteiger partial charge in [0.25, 0.3) is 7.82 Å². The predicted molar refractivity (Wildman–Crippen MR) is 381 cm³/mol. The molecule has 0 aromatic carbocycles. The number of carbonyl (C=O) groups is 1. The average Bonchev–Trinajstić information content (AvgIpc) is 3.70. The third-order valence-corrected chi connectivity index (χ3v) is 18.4. The number of unbranched alkanes of at least 4 members (excludes halogenated alkanes) is 50. The van der Waals surface area contributed by atoms with E-state index < -0.39 is 20.0 Å². The molecule has 0 aliphatic rings. The SMILES string of the molecule is CC/C=C\C/C=C\C/C=C\C/C=C\CCCCCCCCCCCCCCCCCCCCCCCCCCC(=O)NC(COP(=O)([O-])OCC[N+](C)(C)C)C(O)/C=C/CCCCCCCCCCCCCCCCCCCCCCCCCCCC. The lowest BCUT2D eigenvalue weighted by atomic mass is 10.0. The predicted octanol–water partition coefficient (Wildman–Crippen LogP) is 24.1. The van der Waals surface area contributed by atoms with Crippen LogP contribution >= 0.6 is 7.82 Å². The number of aliphatic hydroxyl groups excluding tert-OH is 1. The van der Waals surface area contributed by atoms with Crippen molar-refractivity contribution in [1.82, 2.24) is 5.32 Å². The molecule has 512 valence electrons. The first-order valence-corrected chi connectivity index (χ1v) is 39.6. The molecule has 0 fully saturated rings. The van der Waals surface area contributed by atoms with Gasteiger partial charge in [0.05, 0.1) is 39.9 Å². The molecule has 0 saturated carbocycles. The molecule has 3 unspecified atom stereocenters. The lowest BCUT2D eigenvalue weighted by molar-refractivity contribution is -0.870. The van der Waals surface area contributed by atoms with Crippen LogP contribution in [0.3, 0.4) is 0 Å². The zero-order valence-corrected chi connectivity index (χ0v) is 59.6. The van der Waals surface area contributed by atoms with Crippen molar-refractivity contribution in [2.24, 2.45) is 0 Å². The lowest BCUT2D eigenvalue weighted by Gasteiger charge is -2.29. The smallest absolute Gasteiger partial charge is 0.268 e. The summed E-state index contributed by atoms with van der Waals surface area (Å²) in [6, 6.07) is -0.888. The summed E-state index contributed by atoms with van der Waals surface area (Å²) in [5, 5.41) is 14.0. The van der Waals surface area contributed by atoms with Gasteiger partial charge in [0.1, 0.15) is 13.2 Å². The molecule has 0 aliphatic carbocycles. The molecule has 0 aromatic rings. The molecule has 3 atom stereocenters. The van der Waals surface area contributed by atoms with E-state index in [-0.39, 0.29) is 19.1 Å². The number of hydrogen-bond acceptors (Lipinski definition) is 6. The summed E-state index contributed by atoms with van der Waals surface area (Å²) in [4.78, 5) is 25.7. The number of rotatable bonds is 71. The Bertz CT molecular complexity index is 1600. The number of nitrogens with one attached hydrogen (secondary N) is 1. The van der Waals surface area contributed by atoms with Crippen LogP contribution in [0.25, 0.3) is 0 Å². The number of amides is 1. The second-order valence-corrected chi connectivity index (χ2v) is 28.7. The van der Waals surface area contributed by atoms with Gasteiger partial charge in [0.15, 0.2) is 0 Å². The van der Waals surface area contributed by atoms with Crippen LogP contribution < -0.4 is 10.2 Å². The van der Waals surface area contributed by atoms with Gasteiger partial charge in [-0.25, -0.2) is 0 Å². The molecule has 9 heteroatoms. The molecule has 0 spiro atoms. The van der Waals surface area contributed by atoms with Gasteiger partial charge in [0, 0.05) is 6.42 Å². The van der Waals surface area contributed by atoms with E-state index in [1.807, 2.05) is 27.2 Å². The molecular weight excluding hydrogens is 1090 g/mol. The van der Waals surface area contributed by atoms with Crippen molar-refractivity contribution in [2.45, 2.75) is 392 Å². The number of nitrogens with zero attached hydrogens (tertiary/aromatic N) is 1. The maximum absolute atomic E-state index is 13.1. The van der Waals surface area contributed by atoms with Gasteiger partial charge < -0.3 is 28.8 Å². The Kier molecular flexibility index (Phi) is 67.1. The van der Waals surface area contributed by atoms with Gasteiger partial charge in [-0.1, -0.05) is 376 Å². The van der Waals surface area contributed by atoms with Crippen molar-refractivity contribution in [3.8, 4) is 0 Å². The summed E-state index contributed by atoms with van der Waals surface area (Å²) in [6.45, 7) is 4.60. The molecule has 8 nitrogen and oxygen atoms in total. The maximum Gasteiger partial charge on any atom is 0.268 e. The largest absolute Gasteiger partial charge is 0.756 e. The van der Waals surface area contributed by atoms with Crippen LogP contribution in [0.15, 0.2) is 60.8 Å². The molecule has 1 amide bonds. The molecular formula is C78H149N2O6P. The Morgan fingerprint density at radius 1 is 0.414 bits per heavy atom. The number of hydrogen-bond donors (Lipinski definition) is 2. The van der Waals surface area contributed by atoms with Crippen LogP contribution in [0, 0.1) is 0 Å². The Balaban J connectivity index is 3.96. The van der Waals surface area contributed by atoms with Crippen molar-refractivity contribution < 1.29 is 32.9 Å². The first kappa shape index (κ1) is 85.2. The first-order chi connectivity index (χ1) is 42.5. The highest BCUT2D eigenvalue weighted by atomic mass is 31.2. The third-order valence-electron chi connectivity index (χ3n) is 17.5. The maximum atomic E-state index is 13.1. The molecule has 2 N–H and O–H groups in total. The zero-order valence-electron chi connectivity index (χ0n) is 58.7. The summed E-state index contributed by atoms with van der Waals surface area (Å²) in [5.41, 5.74) is 0. The molecule has 0 radical (unpaired) electrons. The minimum absolute atomic E-state index is 0.000583. The van der Waals surface area contributed by atoms with Crippen molar-refractivity contribution in [3.63, 3.8) is 0 Å². The number of allylic oxidation sites excluding steroid dienone is 9. The standard InChI is InChI=1S/C78H149N2O6P/c1-6-8-10-12-14-16-18-20-22-24-26-28-30-32-34-36-37-38-39-40-41-42-43-44-46-48-50-52-54-56-58-60-62-64-66-68-70-72-78(82)79-76(75-86-87(83,84)85-74-73-80(3,4)5)77(81)71-69-67-65-63-61-59-57-55-53-51-49-47-45-35-33-31-29-27-25-23-21-19-17-15-13-11-9-7-2/h8,10,14,16,20,22,26,28,69,71,76-77,81H,6-7,9,11-13,15,17-19,21,23-25,27,29-68,70,72-75H2,1-5H3,(H-,79,82,83,84)/b10-8-,16-14-,22-20-,28-26-,71-69+. The van der Waals surface area contributed by atoms with Gasteiger partial charge in [-0.05, 0) is 57.8 Å². The van der Waals surface area contributed by atoms with E-state index >= 15 is 0 Å². The highest BCUT2D eigenvalue weighted by Gasteiger charge is 2.23. The summed E-state index contributed by atoms with van der Waals surface area (Å²) in [6.07, 6.45) is 95.1. The van der Waals surface area contributed by atoms with E-state index in [0.29, 0.717) is 17.4 Å². The molecule has 0 saturated heterocycles. The van der Waals surface area contributed by atoms with Crippen LogP contribution in [0.2, 0.25) is 0 Å². The van der Waals surface area contributed by atoms with E-state index in [1.165, 1.54) is 295 Å². The van der Waals surface area contributed by atoms with Crippen LogP contribution in [-0.2, 0) is 18.4 Å². The van der Waals surface area contributed by atoms with Gasteiger partial charge in [-0.3, -0.25) is 9.36 Å². The van der Waals surface area contributed by atoms with E-state index in [0.717, 1.165) is 64.2 Å². The summed E-state index contributed by atoms with van der Waals surface area (Å²) in [7, 11) is 1.28. The fraction of sp³-hybridized carbons (Fsp3) is 0.859. The number of phosphoric ester groups is 1. The lowest BCUT2D eigenvalue weighted by Crippen LogP contribution is -2.45. The van der Waals surface area contributed by atoms with Crippen LogP contribution in [0.4, 0.5) is 0 Å². The molecule has 0 bridgehead atoms. The minimum Gasteiger partial charge on any atom is -0.756 e. The number of aliphatic hydroxyl groups is 1. The number of quaternary nitrogens is 1. The second-order valence-electron chi connectivity index (χ2n) is 27.3. The minimum atomic E-state index is -4.61. The molecule has 0 heterocycles. The fourth-order valence-electron chi connectivity index (χ4n) is 11.6. The topological polar surface area (TPSA) is 108 Å². The van der Waals surface area contributed by atoms with E-state index in [2.05, 4.69) is 67.8 Å². The van der Waals surface area contributed by atoms with E-state index in [9.17, 15) is 19.4 Å². The third kappa shape index (κ3) is 71.5. The Morgan fingerprint density at radius 2 is 0.701 bits per heavy atom. The quantitative estimate of drug-likeness (QED) is 0.0272. The summed E-state index contributed by atoms with van der Waals surface area (Å²) >= 11 is 0. The van der Waals surface area contributed by atoms with Crippen molar-refractivity contribution in [3.05, 3.63) is 60.8 Å². The number of phosphoric acid groups is 1. The van der Waals surface area contributed by atoms with E-state index in [1.54, 1.807) is 6.08 Å². The molecule has 0 rings (SSSR count). The second kappa shape index (κ2) is 68.6. The molecule has 87 heavy (non-hydrogen) atoms. The molecule has 0 aromatic heterocycles. The highest BCUT2D eigenvalue weighted by molar-refractivity contribution is 7.45. The normalized spacial score (nSPS) is 13.9. The van der Waals surface area contributed by atoms with Gasteiger partial charge in [0.2, 0.25) is 5.91 Å².